The van der Waals surface area contributed by atoms with E-state index in [1.807, 2.05) is 26.1 Å². The van der Waals surface area contributed by atoms with Crippen molar-refractivity contribution in [1.82, 2.24) is 20.0 Å². The number of methoxy groups -OCH3 is 1. The Hall–Kier alpha value is -2.17. The van der Waals surface area contributed by atoms with Gasteiger partial charge in [-0.1, -0.05) is 23.2 Å². The van der Waals surface area contributed by atoms with E-state index in [0.29, 0.717) is 37.0 Å². The van der Waals surface area contributed by atoms with Crippen molar-refractivity contribution in [3.63, 3.8) is 0 Å². The Bertz CT molecular complexity index is 1020. The molecule has 1 fully saturated rings. The lowest BCUT2D eigenvalue weighted by Gasteiger charge is -2.38. The van der Waals surface area contributed by atoms with E-state index < -0.39 is 16.9 Å². The van der Waals surface area contributed by atoms with E-state index in [0.717, 1.165) is 15.9 Å². The highest BCUT2D eigenvalue weighted by Crippen LogP contribution is 2.37. The van der Waals surface area contributed by atoms with Gasteiger partial charge in [-0.25, -0.2) is 0 Å². The van der Waals surface area contributed by atoms with Crippen molar-refractivity contribution in [2.45, 2.75) is 32.6 Å². The van der Waals surface area contributed by atoms with E-state index in [9.17, 15) is 18.0 Å². The number of benzene rings is 1. The maximum atomic E-state index is 13.0. The summed E-state index contributed by atoms with van der Waals surface area (Å²) in [5.41, 5.74) is 0.886. The average molecular weight is 508 g/mol. The summed E-state index contributed by atoms with van der Waals surface area (Å²) in [4.78, 5) is 16.5. The standard InChI is InChI=1S/C21H26Cl2F3N5O2/c1-12(27-3)14-9-15(22)17(33-4)10-16(14)29-5-7-30(8-6-29)18(32)11-31-13(2)19(23)20(28-31)21(24,25)26/h9-10,12,27H,5-8,11H2,1-4H3. The molecule has 2 heterocycles. The molecule has 12 heteroatoms. The summed E-state index contributed by atoms with van der Waals surface area (Å²) in [7, 11) is 3.41. The number of nitrogens with zero attached hydrogens (tertiary/aromatic N) is 4. The fraction of sp³-hybridized carbons (Fsp3) is 0.524. The van der Waals surface area contributed by atoms with Crippen molar-refractivity contribution in [3.8, 4) is 5.75 Å². The van der Waals surface area contributed by atoms with Crippen molar-refractivity contribution >= 4 is 34.8 Å². The Labute approximate surface area is 200 Å². The molecule has 0 spiro atoms. The molecule has 1 amide bonds. The van der Waals surface area contributed by atoms with Gasteiger partial charge in [0.05, 0.1) is 22.8 Å². The molecule has 0 saturated carbocycles. The third-order valence-corrected chi connectivity index (χ3v) is 6.61. The molecule has 0 aliphatic carbocycles. The van der Waals surface area contributed by atoms with Gasteiger partial charge in [-0.15, -0.1) is 0 Å². The molecule has 1 aliphatic rings. The van der Waals surface area contributed by atoms with Crippen molar-refractivity contribution in [2.24, 2.45) is 0 Å². The van der Waals surface area contributed by atoms with Crippen LogP contribution in [0.15, 0.2) is 12.1 Å². The summed E-state index contributed by atoms with van der Waals surface area (Å²) >= 11 is 12.1. The third-order valence-electron chi connectivity index (χ3n) is 5.86. The van der Waals surface area contributed by atoms with E-state index in [1.165, 1.54) is 6.92 Å². The largest absolute Gasteiger partial charge is 0.495 e. The summed E-state index contributed by atoms with van der Waals surface area (Å²) in [5, 5.41) is 6.75. The SMILES string of the molecule is CNC(C)c1cc(Cl)c(OC)cc1N1CCN(C(=O)Cn2nc(C(F)(F)F)c(Cl)c2C)CC1. The first-order valence-corrected chi connectivity index (χ1v) is 11.1. The first kappa shape index (κ1) is 25.5. The topological polar surface area (TPSA) is 62.6 Å². The molecular formula is C21H26Cl2F3N5O2. The molecule has 1 saturated heterocycles. The Morgan fingerprint density at radius 2 is 1.88 bits per heavy atom. The number of aromatic nitrogens is 2. The molecule has 1 aromatic carbocycles. The van der Waals surface area contributed by atoms with Gasteiger partial charge in [0.1, 0.15) is 12.3 Å². The van der Waals surface area contributed by atoms with Gasteiger partial charge in [-0.3, -0.25) is 9.48 Å². The van der Waals surface area contributed by atoms with Gasteiger partial charge < -0.3 is 19.9 Å². The van der Waals surface area contributed by atoms with Gasteiger partial charge in [-0.05, 0) is 32.5 Å². The van der Waals surface area contributed by atoms with Gasteiger partial charge in [0.25, 0.3) is 0 Å². The molecule has 1 unspecified atom stereocenters. The highest BCUT2D eigenvalue weighted by atomic mass is 35.5. The molecule has 0 bridgehead atoms. The third kappa shape index (κ3) is 5.33. The number of anilines is 1. The Balaban J connectivity index is 1.72. The van der Waals surface area contributed by atoms with Crippen LogP contribution < -0.4 is 15.0 Å². The van der Waals surface area contributed by atoms with Crippen LogP contribution in [0, 0.1) is 6.92 Å². The lowest BCUT2D eigenvalue weighted by molar-refractivity contribution is -0.142. The minimum atomic E-state index is -4.68. The smallest absolute Gasteiger partial charge is 0.436 e. The molecule has 7 nitrogen and oxygen atoms in total. The lowest BCUT2D eigenvalue weighted by Crippen LogP contribution is -2.50. The number of nitrogens with one attached hydrogen (secondary N) is 1. The fourth-order valence-corrected chi connectivity index (χ4v) is 4.27. The summed E-state index contributed by atoms with van der Waals surface area (Å²) in [5.74, 6) is 0.242. The van der Waals surface area contributed by atoms with Crippen molar-refractivity contribution in [2.75, 3.05) is 45.2 Å². The quantitative estimate of drug-likeness (QED) is 0.636. The van der Waals surface area contributed by atoms with E-state index in [1.54, 1.807) is 12.0 Å². The highest BCUT2D eigenvalue weighted by Gasteiger charge is 2.38. The van der Waals surface area contributed by atoms with Crippen molar-refractivity contribution in [1.29, 1.82) is 0 Å². The van der Waals surface area contributed by atoms with Crippen LogP contribution in [0.3, 0.4) is 0 Å². The number of hydrogen-bond donors (Lipinski definition) is 1. The number of amides is 1. The first-order chi connectivity index (χ1) is 15.5. The number of rotatable bonds is 6. The van der Waals surface area contributed by atoms with Crippen LogP contribution in [0.4, 0.5) is 18.9 Å². The molecule has 1 N–H and O–H groups in total. The summed E-state index contributed by atoms with van der Waals surface area (Å²) in [6.45, 7) is 5.05. The van der Waals surface area contributed by atoms with Crippen LogP contribution in [0.5, 0.6) is 5.75 Å². The van der Waals surface area contributed by atoms with Crippen LogP contribution in [-0.4, -0.2) is 60.9 Å². The van der Waals surface area contributed by atoms with E-state index in [-0.39, 0.29) is 24.2 Å². The van der Waals surface area contributed by atoms with Crippen LogP contribution >= 0.6 is 23.2 Å². The number of piperazine rings is 1. The van der Waals surface area contributed by atoms with Crippen LogP contribution in [0.1, 0.15) is 29.9 Å². The molecule has 1 atom stereocenters. The molecule has 2 aromatic rings. The maximum absolute atomic E-state index is 13.0. The zero-order chi connectivity index (χ0) is 24.5. The van der Waals surface area contributed by atoms with E-state index in [4.69, 9.17) is 27.9 Å². The van der Waals surface area contributed by atoms with Gasteiger partial charge in [0, 0.05) is 44.0 Å². The highest BCUT2D eigenvalue weighted by molar-refractivity contribution is 6.32. The summed E-state index contributed by atoms with van der Waals surface area (Å²) in [6.07, 6.45) is -4.68. The lowest BCUT2D eigenvalue weighted by atomic mass is 10.0. The van der Waals surface area contributed by atoms with E-state index in [2.05, 4.69) is 15.3 Å². The zero-order valence-corrected chi connectivity index (χ0v) is 20.3. The Kier molecular flexibility index (Phi) is 7.70. The van der Waals surface area contributed by atoms with E-state index >= 15 is 0 Å². The minimum absolute atomic E-state index is 0.0402. The molecular weight excluding hydrogens is 482 g/mol. The normalized spacial score (nSPS) is 15.7. The van der Waals surface area contributed by atoms with Crippen molar-refractivity contribution in [3.05, 3.63) is 39.1 Å². The molecule has 0 radical (unpaired) electrons. The Morgan fingerprint density at radius 3 is 2.39 bits per heavy atom. The summed E-state index contributed by atoms with van der Waals surface area (Å²) < 4.78 is 45.5. The number of alkyl halides is 3. The number of carbonyl (C=O) groups excluding carboxylic acids is 1. The molecule has 1 aromatic heterocycles. The number of hydrogen-bond acceptors (Lipinski definition) is 5. The Morgan fingerprint density at radius 1 is 1.24 bits per heavy atom. The zero-order valence-electron chi connectivity index (χ0n) is 18.8. The molecule has 182 valence electrons. The monoisotopic (exact) mass is 507 g/mol. The van der Waals surface area contributed by atoms with Crippen LogP contribution in [0.25, 0.3) is 0 Å². The number of ether oxygens (including phenoxy) is 1. The second kappa shape index (κ2) is 9.99. The predicted molar refractivity (Wildman–Crippen MR) is 121 cm³/mol. The van der Waals surface area contributed by atoms with Gasteiger partial charge >= 0.3 is 6.18 Å². The molecule has 33 heavy (non-hydrogen) atoms. The van der Waals surface area contributed by atoms with Gasteiger partial charge in [0.2, 0.25) is 5.91 Å². The number of halogens is 5. The fourth-order valence-electron chi connectivity index (χ4n) is 3.77. The second-order valence-corrected chi connectivity index (χ2v) is 8.61. The summed E-state index contributed by atoms with van der Waals surface area (Å²) in [6, 6.07) is 3.80. The van der Waals surface area contributed by atoms with Crippen molar-refractivity contribution < 1.29 is 22.7 Å². The average Bonchev–Trinajstić information content (AvgIpc) is 3.07. The maximum Gasteiger partial charge on any atom is 0.436 e. The van der Waals surface area contributed by atoms with Gasteiger partial charge in [0.15, 0.2) is 5.69 Å². The number of carbonyl (C=O) groups is 1. The molecule has 1 aliphatic heterocycles. The minimum Gasteiger partial charge on any atom is -0.495 e. The molecule has 3 rings (SSSR count). The van der Waals surface area contributed by atoms with Gasteiger partial charge in [-0.2, -0.15) is 18.3 Å². The van der Waals surface area contributed by atoms with Crippen LogP contribution in [-0.2, 0) is 17.5 Å². The predicted octanol–water partition coefficient (Wildman–Crippen LogP) is 4.15. The second-order valence-electron chi connectivity index (χ2n) is 7.83. The van der Waals surface area contributed by atoms with Crippen LogP contribution in [0.2, 0.25) is 10.0 Å². The first-order valence-electron chi connectivity index (χ1n) is 10.3.